The van der Waals surface area contributed by atoms with E-state index in [2.05, 4.69) is 16.0 Å². The van der Waals surface area contributed by atoms with Crippen LogP contribution in [0, 0.1) is 0 Å². The maximum absolute atomic E-state index is 12.9. The van der Waals surface area contributed by atoms with E-state index in [1.807, 2.05) is 6.92 Å². The number of carbonyl (C=O) groups is 4. The first kappa shape index (κ1) is 17.6. The van der Waals surface area contributed by atoms with Gasteiger partial charge in [-0.25, -0.2) is 0 Å². The molecule has 4 amide bonds. The van der Waals surface area contributed by atoms with Gasteiger partial charge >= 0.3 is 0 Å². The Morgan fingerprint density at radius 1 is 1.24 bits per heavy atom. The van der Waals surface area contributed by atoms with Crippen LogP contribution >= 0.6 is 11.3 Å². The lowest BCUT2D eigenvalue weighted by Gasteiger charge is -2.22. The Bertz CT molecular complexity index is 751. The van der Waals surface area contributed by atoms with Crippen molar-refractivity contribution in [3.63, 3.8) is 0 Å². The molecule has 1 aliphatic heterocycles. The van der Waals surface area contributed by atoms with Gasteiger partial charge in [-0.15, -0.1) is 11.3 Å². The zero-order valence-corrected chi connectivity index (χ0v) is 15.0. The highest BCUT2D eigenvalue weighted by atomic mass is 32.1. The SMILES string of the molecule is CCc1c(C2CC2)sc(NC(C)=O)c1C(=O)NC1CCC(=O)NC1=O. The van der Waals surface area contributed by atoms with Gasteiger partial charge in [-0.1, -0.05) is 6.92 Å². The van der Waals surface area contributed by atoms with Crippen LogP contribution in [0.1, 0.15) is 66.2 Å². The Labute approximate surface area is 149 Å². The van der Waals surface area contributed by atoms with E-state index in [1.165, 1.54) is 18.3 Å². The van der Waals surface area contributed by atoms with Crippen LogP contribution in [0.5, 0.6) is 0 Å². The fraction of sp³-hybridized carbons (Fsp3) is 0.529. The Kier molecular flexibility index (Phi) is 4.89. The number of carbonyl (C=O) groups excluding carboxylic acids is 4. The average Bonchev–Trinajstić information content (AvgIpc) is 3.31. The number of rotatable bonds is 5. The topological polar surface area (TPSA) is 104 Å². The van der Waals surface area contributed by atoms with Gasteiger partial charge in [0.25, 0.3) is 5.91 Å². The van der Waals surface area contributed by atoms with Crippen molar-refractivity contribution in [1.29, 1.82) is 0 Å². The van der Waals surface area contributed by atoms with E-state index in [9.17, 15) is 19.2 Å². The van der Waals surface area contributed by atoms with E-state index < -0.39 is 11.9 Å². The van der Waals surface area contributed by atoms with Gasteiger partial charge in [0.2, 0.25) is 17.7 Å². The molecule has 2 aliphatic rings. The van der Waals surface area contributed by atoms with E-state index in [1.54, 1.807) is 0 Å². The highest BCUT2D eigenvalue weighted by molar-refractivity contribution is 7.17. The molecule has 3 rings (SSSR count). The lowest BCUT2D eigenvalue weighted by Crippen LogP contribution is -2.52. The summed E-state index contributed by atoms with van der Waals surface area (Å²) in [6.07, 6.45) is 3.36. The van der Waals surface area contributed by atoms with Crippen molar-refractivity contribution < 1.29 is 19.2 Å². The number of thiophene rings is 1. The monoisotopic (exact) mass is 363 g/mol. The molecule has 25 heavy (non-hydrogen) atoms. The molecule has 8 heteroatoms. The minimum atomic E-state index is -0.732. The van der Waals surface area contributed by atoms with Gasteiger partial charge in [-0.2, -0.15) is 0 Å². The third kappa shape index (κ3) is 3.73. The van der Waals surface area contributed by atoms with E-state index in [0.29, 0.717) is 22.9 Å². The van der Waals surface area contributed by atoms with Crippen LogP contribution in [-0.2, 0) is 20.8 Å². The zero-order valence-electron chi connectivity index (χ0n) is 14.2. The van der Waals surface area contributed by atoms with E-state index in [-0.39, 0.29) is 30.6 Å². The number of hydrogen-bond donors (Lipinski definition) is 3. The number of hydrogen-bond acceptors (Lipinski definition) is 5. The fourth-order valence-corrected chi connectivity index (χ4v) is 4.56. The summed E-state index contributed by atoms with van der Waals surface area (Å²) < 4.78 is 0. The van der Waals surface area contributed by atoms with Crippen LogP contribution in [0.15, 0.2) is 0 Å². The smallest absolute Gasteiger partial charge is 0.255 e. The van der Waals surface area contributed by atoms with Crippen LogP contribution in [0.3, 0.4) is 0 Å². The number of anilines is 1. The zero-order chi connectivity index (χ0) is 18.1. The highest BCUT2D eigenvalue weighted by Crippen LogP contribution is 2.48. The normalized spacial score (nSPS) is 20.2. The van der Waals surface area contributed by atoms with E-state index >= 15 is 0 Å². The molecule has 0 bridgehead atoms. The lowest BCUT2D eigenvalue weighted by atomic mass is 10.0. The molecular weight excluding hydrogens is 342 g/mol. The van der Waals surface area contributed by atoms with Crippen molar-refractivity contribution in [2.45, 2.75) is 57.9 Å². The van der Waals surface area contributed by atoms with Crippen LogP contribution < -0.4 is 16.0 Å². The molecule has 1 atom stereocenters. The average molecular weight is 363 g/mol. The van der Waals surface area contributed by atoms with Crippen molar-refractivity contribution in [3.05, 3.63) is 16.0 Å². The highest BCUT2D eigenvalue weighted by Gasteiger charge is 2.34. The first-order valence-corrected chi connectivity index (χ1v) is 9.30. The first-order chi connectivity index (χ1) is 11.9. The summed E-state index contributed by atoms with van der Waals surface area (Å²) in [5.74, 6) is -0.958. The number of amides is 4. The van der Waals surface area contributed by atoms with Gasteiger partial charge in [0, 0.05) is 18.2 Å². The van der Waals surface area contributed by atoms with Crippen molar-refractivity contribution in [2.24, 2.45) is 0 Å². The third-order valence-corrected chi connectivity index (χ3v) is 5.71. The molecule has 1 saturated carbocycles. The standard InChI is InChI=1S/C17H21N3O4S/c1-3-10-13(16(24)19-11-6-7-12(22)20-15(11)23)17(18-8(2)21)25-14(10)9-4-5-9/h9,11H,3-7H2,1-2H3,(H,18,21)(H,19,24)(H,20,22,23). The van der Waals surface area contributed by atoms with Crippen molar-refractivity contribution in [2.75, 3.05) is 5.32 Å². The van der Waals surface area contributed by atoms with Crippen LogP contribution in [0.2, 0.25) is 0 Å². The summed E-state index contributed by atoms with van der Waals surface area (Å²) in [6.45, 7) is 3.39. The summed E-state index contributed by atoms with van der Waals surface area (Å²) in [4.78, 5) is 48.7. The first-order valence-electron chi connectivity index (χ1n) is 8.48. The van der Waals surface area contributed by atoms with Crippen LogP contribution in [-0.4, -0.2) is 29.7 Å². The van der Waals surface area contributed by atoms with Gasteiger partial charge in [-0.3, -0.25) is 24.5 Å². The number of nitrogens with one attached hydrogen (secondary N) is 3. The summed E-state index contributed by atoms with van der Waals surface area (Å²) in [5, 5.41) is 8.24. The molecule has 0 aromatic carbocycles. The fourth-order valence-electron chi connectivity index (χ4n) is 3.06. The summed E-state index contributed by atoms with van der Waals surface area (Å²) >= 11 is 1.45. The minimum Gasteiger partial charge on any atom is -0.340 e. The number of imide groups is 1. The molecule has 0 spiro atoms. The molecule has 134 valence electrons. The largest absolute Gasteiger partial charge is 0.340 e. The molecule has 1 aliphatic carbocycles. The maximum Gasteiger partial charge on any atom is 0.255 e. The van der Waals surface area contributed by atoms with Crippen molar-refractivity contribution >= 4 is 40.0 Å². The lowest BCUT2D eigenvalue weighted by molar-refractivity contribution is -0.134. The summed E-state index contributed by atoms with van der Waals surface area (Å²) in [6, 6.07) is -0.732. The molecule has 1 aromatic heterocycles. The second kappa shape index (κ2) is 6.95. The Morgan fingerprint density at radius 2 is 1.96 bits per heavy atom. The number of piperidine rings is 1. The quantitative estimate of drug-likeness (QED) is 0.692. The van der Waals surface area contributed by atoms with Gasteiger partial charge < -0.3 is 10.6 Å². The predicted octanol–water partition coefficient (Wildman–Crippen LogP) is 1.68. The van der Waals surface area contributed by atoms with Crippen molar-refractivity contribution in [1.82, 2.24) is 10.6 Å². The maximum atomic E-state index is 12.9. The van der Waals surface area contributed by atoms with Crippen LogP contribution in [0.25, 0.3) is 0 Å². The molecule has 2 fully saturated rings. The van der Waals surface area contributed by atoms with Crippen molar-refractivity contribution in [3.8, 4) is 0 Å². The molecule has 7 nitrogen and oxygen atoms in total. The molecule has 1 aromatic rings. The predicted molar refractivity (Wildman–Crippen MR) is 93.6 cm³/mol. The van der Waals surface area contributed by atoms with E-state index in [4.69, 9.17) is 0 Å². The molecular formula is C17H21N3O4S. The molecule has 2 heterocycles. The van der Waals surface area contributed by atoms with Gasteiger partial charge in [0.05, 0.1) is 5.56 Å². The van der Waals surface area contributed by atoms with Gasteiger partial charge in [0.1, 0.15) is 11.0 Å². The van der Waals surface area contributed by atoms with Crippen LogP contribution in [0.4, 0.5) is 5.00 Å². The summed E-state index contributed by atoms with van der Waals surface area (Å²) in [7, 11) is 0. The molecule has 1 unspecified atom stereocenters. The molecule has 0 radical (unpaired) electrons. The molecule has 3 N–H and O–H groups in total. The molecule has 1 saturated heterocycles. The van der Waals surface area contributed by atoms with Gasteiger partial charge in [0.15, 0.2) is 0 Å². The second-order valence-corrected chi connectivity index (χ2v) is 7.49. The minimum absolute atomic E-state index is 0.201. The third-order valence-electron chi connectivity index (χ3n) is 4.40. The summed E-state index contributed by atoms with van der Waals surface area (Å²) in [5.41, 5.74) is 1.40. The Balaban J connectivity index is 1.88. The Hall–Kier alpha value is -2.22. The second-order valence-electron chi connectivity index (χ2n) is 6.44. The van der Waals surface area contributed by atoms with E-state index in [0.717, 1.165) is 23.3 Å². The Morgan fingerprint density at radius 3 is 2.52 bits per heavy atom. The van der Waals surface area contributed by atoms with Gasteiger partial charge in [-0.05, 0) is 37.2 Å².